The van der Waals surface area contributed by atoms with Gasteiger partial charge < -0.3 is 27.2 Å². The number of carbonyl (C=O) groups is 2. The number of para-hydroxylation sites is 1. The maximum Gasteiger partial charge on any atom is 0.323 e. The second-order valence-electron chi connectivity index (χ2n) is 7.08. The van der Waals surface area contributed by atoms with Gasteiger partial charge in [-0.25, -0.2) is 9.59 Å². The number of nitrogens with one attached hydrogen (secondary N) is 2. The molecule has 4 aromatic carbocycles. The zero-order valence-corrected chi connectivity index (χ0v) is 19.6. The molecular weight excluding hydrogens is 496 g/mol. The molecule has 8 heteroatoms. The molecule has 34 heavy (non-hydrogen) atoms. The number of benzene rings is 4. The number of rotatable bonds is 4. The van der Waals surface area contributed by atoms with Gasteiger partial charge >= 0.3 is 12.1 Å². The Morgan fingerprint density at radius 1 is 0.676 bits per heavy atom. The van der Waals surface area contributed by atoms with Gasteiger partial charge in [0.1, 0.15) is 5.75 Å². The highest BCUT2D eigenvalue weighted by Gasteiger charge is 2.17. The van der Waals surface area contributed by atoms with Crippen molar-refractivity contribution in [2.45, 2.75) is 0 Å². The summed E-state index contributed by atoms with van der Waals surface area (Å²) in [5.74, 6) is 0.0184. The van der Waals surface area contributed by atoms with Gasteiger partial charge in [0.15, 0.2) is 0 Å². The van der Waals surface area contributed by atoms with Crippen LogP contribution in [0.4, 0.5) is 21.0 Å². The molecule has 7 N–H and O–H groups in total. The maximum atomic E-state index is 12.5. The lowest BCUT2D eigenvalue weighted by molar-refractivity contribution is 0.256. The van der Waals surface area contributed by atoms with Crippen LogP contribution in [0.25, 0.3) is 22.3 Å². The maximum absolute atomic E-state index is 12.5. The van der Waals surface area contributed by atoms with Crippen LogP contribution in [0.1, 0.15) is 0 Å². The molecule has 0 spiro atoms. The van der Waals surface area contributed by atoms with Gasteiger partial charge in [0.2, 0.25) is 0 Å². The number of anilines is 2. The Balaban J connectivity index is 0.000000751. The fraction of sp³-hybridized carbons (Fsp3) is 0. The van der Waals surface area contributed by atoms with Crippen molar-refractivity contribution >= 4 is 39.4 Å². The van der Waals surface area contributed by atoms with Gasteiger partial charge in [-0.2, -0.15) is 0 Å². The summed E-state index contributed by atoms with van der Waals surface area (Å²) in [6.07, 6.45) is 0. The predicted molar refractivity (Wildman–Crippen MR) is 140 cm³/mol. The van der Waals surface area contributed by atoms with E-state index < -0.39 is 12.1 Å². The number of halogens is 1. The fourth-order valence-corrected chi connectivity index (χ4v) is 3.67. The number of hydrogen-bond acceptors (Lipinski definition) is 3. The van der Waals surface area contributed by atoms with Gasteiger partial charge in [-0.3, -0.25) is 0 Å². The molecule has 0 heterocycles. The van der Waals surface area contributed by atoms with Crippen LogP contribution in [0.5, 0.6) is 5.75 Å². The first-order valence-corrected chi connectivity index (χ1v) is 11.0. The number of hydrogen-bond donors (Lipinski definition) is 5. The van der Waals surface area contributed by atoms with Gasteiger partial charge in [0.05, 0.1) is 11.4 Å². The zero-order valence-electron chi connectivity index (χ0n) is 18.0. The molecule has 0 saturated heterocycles. The van der Waals surface area contributed by atoms with Crippen LogP contribution in [0.3, 0.4) is 0 Å². The molecule has 0 bridgehead atoms. The lowest BCUT2D eigenvalue weighted by Crippen LogP contribution is -2.19. The summed E-state index contributed by atoms with van der Waals surface area (Å²) in [6.45, 7) is 0. The van der Waals surface area contributed by atoms with Crippen LogP contribution >= 0.6 is 15.9 Å². The number of phenols is 1. The van der Waals surface area contributed by atoms with E-state index in [1.807, 2.05) is 84.9 Å². The topological polar surface area (TPSA) is 130 Å². The molecule has 0 aliphatic heterocycles. The van der Waals surface area contributed by atoms with Crippen LogP contribution in [-0.4, -0.2) is 17.2 Å². The Hall–Kier alpha value is -4.30. The molecular formula is C26H23BrN4O3. The van der Waals surface area contributed by atoms with E-state index in [0.717, 1.165) is 21.2 Å². The van der Waals surface area contributed by atoms with E-state index in [-0.39, 0.29) is 5.75 Å². The molecule has 4 amide bonds. The monoisotopic (exact) mass is 518 g/mol. The van der Waals surface area contributed by atoms with Crippen molar-refractivity contribution < 1.29 is 14.7 Å². The molecule has 0 atom stereocenters. The fourth-order valence-electron chi connectivity index (χ4n) is 3.29. The number of aromatic hydroxyl groups is 1. The third-order valence-electron chi connectivity index (χ3n) is 4.70. The summed E-state index contributed by atoms with van der Waals surface area (Å²) < 4.78 is 0.772. The summed E-state index contributed by atoms with van der Waals surface area (Å²) in [6, 6.07) is 29.2. The molecule has 7 nitrogen and oxygen atoms in total. The Morgan fingerprint density at radius 2 is 1.18 bits per heavy atom. The minimum Gasteiger partial charge on any atom is -0.505 e. The Bertz CT molecular complexity index is 1280. The van der Waals surface area contributed by atoms with E-state index in [0.29, 0.717) is 16.9 Å². The van der Waals surface area contributed by atoms with Crippen molar-refractivity contribution in [2.24, 2.45) is 11.5 Å². The number of urea groups is 2. The van der Waals surface area contributed by atoms with Crippen molar-refractivity contribution in [3.63, 3.8) is 0 Å². The summed E-state index contributed by atoms with van der Waals surface area (Å²) >= 11 is 3.41. The van der Waals surface area contributed by atoms with E-state index in [1.165, 1.54) is 0 Å². The highest BCUT2D eigenvalue weighted by atomic mass is 79.9. The lowest BCUT2D eigenvalue weighted by atomic mass is 9.93. The Morgan fingerprint density at radius 3 is 1.76 bits per heavy atom. The predicted octanol–water partition coefficient (Wildman–Crippen LogP) is 6.16. The quantitative estimate of drug-likeness (QED) is 0.207. The van der Waals surface area contributed by atoms with E-state index in [1.54, 1.807) is 12.1 Å². The van der Waals surface area contributed by atoms with Crippen molar-refractivity contribution in [3.8, 4) is 28.0 Å². The third-order valence-corrected chi connectivity index (χ3v) is 5.39. The standard InChI is InChI=1S/C25H19BrN2O2.CH4N2O/c26-20-13-7-8-14-21(20)27-25(30)28-22-16-15-19(17-9-3-1-4-10-17)23(24(22)29)18-11-5-2-6-12-18;2-1(3)4/h1-16,29H,(H2,27,28,30);(H4,2,3,4). The molecule has 0 unspecified atom stereocenters. The van der Waals surface area contributed by atoms with Crippen LogP contribution in [0.15, 0.2) is 102 Å². The molecule has 0 radical (unpaired) electrons. The minimum atomic E-state index is -0.833. The normalized spacial score (nSPS) is 9.91. The minimum absolute atomic E-state index is 0.0184. The van der Waals surface area contributed by atoms with Crippen LogP contribution in [0.2, 0.25) is 0 Å². The van der Waals surface area contributed by atoms with Crippen molar-refractivity contribution in [2.75, 3.05) is 10.6 Å². The molecule has 4 rings (SSSR count). The van der Waals surface area contributed by atoms with Crippen molar-refractivity contribution in [3.05, 3.63) is 102 Å². The summed E-state index contributed by atoms with van der Waals surface area (Å²) in [4.78, 5) is 21.5. The summed E-state index contributed by atoms with van der Waals surface area (Å²) in [5.41, 5.74) is 12.9. The Labute approximate surface area is 205 Å². The zero-order chi connectivity index (χ0) is 24.5. The number of carbonyl (C=O) groups excluding carboxylic acids is 2. The summed E-state index contributed by atoms with van der Waals surface area (Å²) in [7, 11) is 0. The van der Waals surface area contributed by atoms with Crippen LogP contribution < -0.4 is 22.1 Å². The number of phenolic OH excluding ortho intramolecular Hbond substituents is 1. The van der Waals surface area contributed by atoms with Crippen molar-refractivity contribution in [1.29, 1.82) is 0 Å². The van der Waals surface area contributed by atoms with Crippen molar-refractivity contribution in [1.82, 2.24) is 0 Å². The SMILES string of the molecule is NC(N)=O.O=C(Nc1ccccc1Br)Nc1ccc(-c2ccccc2)c(-c2ccccc2)c1O. The molecule has 0 aromatic heterocycles. The van der Waals surface area contributed by atoms with Gasteiger partial charge in [0, 0.05) is 10.0 Å². The first-order chi connectivity index (χ1) is 16.4. The third kappa shape index (κ3) is 6.36. The smallest absolute Gasteiger partial charge is 0.323 e. The Kier molecular flexibility index (Phi) is 8.26. The average molecular weight is 519 g/mol. The molecule has 4 aromatic rings. The molecule has 0 saturated carbocycles. The van der Waals surface area contributed by atoms with Crippen LogP contribution in [0, 0.1) is 0 Å². The van der Waals surface area contributed by atoms with E-state index >= 15 is 0 Å². The first-order valence-electron chi connectivity index (χ1n) is 10.2. The highest BCUT2D eigenvalue weighted by Crippen LogP contribution is 2.43. The lowest BCUT2D eigenvalue weighted by Gasteiger charge is -2.17. The number of primary amides is 2. The number of nitrogens with two attached hydrogens (primary N) is 2. The molecule has 0 fully saturated rings. The first kappa shape index (κ1) is 24.3. The highest BCUT2D eigenvalue weighted by molar-refractivity contribution is 9.10. The van der Waals surface area contributed by atoms with Gasteiger partial charge in [-0.1, -0.05) is 78.9 Å². The molecule has 0 aliphatic carbocycles. The van der Waals surface area contributed by atoms with E-state index in [4.69, 9.17) is 4.79 Å². The van der Waals surface area contributed by atoms with E-state index in [2.05, 4.69) is 38.0 Å². The van der Waals surface area contributed by atoms with E-state index in [9.17, 15) is 9.90 Å². The second kappa shape index (κ2) is 11.5. The second-order valence-corrected chi connectivity index (χ2v) is 7.93. The van der Waals surface area contributed by atoms with Gasteiger partial charge in [-0.05, 0) is 50.8 Å². The summed E-state index contributed by atoms with van der Waals surface area (Å²) in [5, 5.41) is 16.6. The largest absolute Gasteiger partial charge is 0.505 e. The molecule has 172 valence electrons. The average Bonchev–Trinajstić information content (AvgIpc) is 2.82. The number of amides is 4. The van der Waals surface area contributed by atoms with Gasteiger partial charge in [-0.15, -0.1) is 0 Å². The molecule has 0 aliphatic rings. The van der Waals surface area contributed by atoms with Crippen LogP contribution in [-0.2, 0) is 0 Å². The van der Waals surface area contributed by atoms with Gasteiger partial charge in [0.25, 0.3) is 0 Å².